The summed E-state index contributed by atoms with van der Waals surface area (Å²) in [4.78, 5) is 8.61. The fourth-order valence-electron chi connectivity index (χ4n) is 2.49. The molecule has 1 heterocycles. The molecule has 0 aliphatic heterocycles. The molecule has 17 heavy (non-hydrogen) atoms. The first kappa shape index (κ1) is 12.6. The van der Waals surface area contributed by atoms with E-state index in [-0.39, 0.29) is 0 Å². The number of aryl methyl sites for hydroxylation is 1. The monoisotopic (exact) mass is 253 g/mol. The van der Waals surface area contributed by atoms with Gasteiger partial charge in [-0.25, -0.2) is 9.97 Å². The summed E-state index contributed by atoms with van der Waals surface area (Å²) in [6, 6.07) is 0.478. The first-order chi connectivity index (χ1) is 7.90. The number of aromatic nitrogens is 2. The number of nitrogens with one attached hydrogen (secondary N) is 1. The Labute approximate surface area is 108 Å². The van der Waals surface area contributed by atoms with Crippen LogP contribution in [0.25, 0.3) is 0 Å². The third kappa shape index (κ3) is 2.54. The molecule has 0 spiro atoms. The van der Waals surface area contributed by atoms with Gasteiger partial charge in [0.15, 0.2) is 0 Å². The van der Waals surface area contributed by atoms with Crippen LogP contribution in [0.2, 0.25) is 5.15 Å². The van der Waals surface area contributed by atoms with E-state index in [0.29, 0.717) is 16.6 Å². The maximum absolute atomic E-state index is 6.08. The summed E-state index contributed by atoms with van der Waals surface area (Å²) < 4.78 is 0. The zero-order valence-corrected chi connectivity index (χ0v) is 11.7. The minimum absolute atomic E-state index is 0.331. The summed E-state index contributed by atoms with van der Waals surface area (Å²) >= 11 is 6.08. The lowest BCUT2D eigenvalue weighted by atomic mass is 9.87. The van der Waals surface area contributed by atoms with Crippen molar-refractivity contribution in [2.24, 2.45) is 5.41 Å². The van der Waals surface area contributed by atoms with Crippen molar-refractivity contribution in [1.29, 1.82) is 0 Å². The summed E-state index contributed by atoms with van der Waals surface area (Å²) in [5.74, 6) is 1.61. The van der Waals surface area contributed by atoms with Gasteiger partial charge in [0.05, 0.1) is 0 Å². The Morgan fingerprint density at radius 1 is 1.29 bits per heavy atom. The SMILES string of the molecule is Cc1nc(Cl)c(C)c(NC2CCCC2(C)C)n1. The van der Waals surface area contributed by atoms with E-state index < -0.39 is 0 Å². The molecular formula is C13H20ClN3. The maximum Gasteiger partial charge on any atom is 0.137 e. The normalized spacial score (nSPS) is 22.8. The molecule has 1 unspecified atom stereocenters. The molecule has 1 saturated carbocycles. The zero-order chi connectivity index (χ0) is 12.6. The molecule has 1 fully saturated rings. The lowest BCUT2D eigenvalue weighted by molar-refractivity contribution is 0.349. The van der Waals surface area contributed by atoms with Crippen molar-refractivity contribution in [2.45, 2.75) is 53.0 Å². The Kier molecular flexibility index (Phi) is 3.30. The van der Waals surface area contributed by atoms with E-state index in [0.717, 1.165) is 17.2 Å². The van der Waals surface area contributed by atoms with Crippen molar-refractivity contribution >= 4 is 17.4 Å². The first-order valence-corrected chi connectivity index (χ1v) is 6.55. The van der Waals surface area contributed by atoms with E-state index >= 15 is 0 Å². The molecule has 1 atom stereocenters. The van der Waals surface area contributed by atoms with Crippen LogP contribution >= 0.6 is 11.6 Å². The molecule has 0 bridgehead atoms. The third-order valence-corrected chi connectivity index (χ3v) is 4.13. The number of halogens is 1. The molecular weight excluding hydrogens is 234 g/mol. The van der Waals surface area contributed by atoms with Gasteiger partial charge in [0.25, 0.3) is 0 Å². The van der Waals surface area contributed by atoms with Crippen LogP contribution in [0.4, 0.5) is 5.82 Å². The molecule has 0 saturated heterocycles. The van der Waals surface area contributed by atoms with Crippen molar-refractivity contribution in [3.05, 3.63) is 16.5 Å². The molecule has 1 aliphatic rings. The Morgan fingerprint density at radius 3 is 2.59 bits per heavy atom. The lowest BCUT2D eigenvalue weighted by Gasteiger charge is -2.28. The maximum atomic E-state index is 6.08. The third-order valence-electron chi connectivity index (χ3n) is 3.77. The summed E-state index contributed by atoms with van der Waals surface area (Å²) in [6.07, 6.45) is 3.75. The highest BCUT2D eigenvalue weighted by Crippen LogP contribution is 2.39. The van der Waals surface area contributed by atoms with Crippen molar-refractivity contribution < 1.29 is 0 Å². The van der Waals surface area contributed by atoms with Crippen LogP contribution in [0.15, 0.2) is 0 Å². The Hall–Kier alpha value is -0.830. The van der Waals surface area contributed by atoms with Gasteiger partial charge in [0, 0.05) is 11.6 Å². The molecule has 0 radical (unpaired) electrons. The Bertz CT molecular complexity index is 429. The molecule has 4 heteroatoms. The van der Waals surface area contributed by atoms with Gasteiger partial charge in [-0.1, -0.05) is 31.9 Å². The zero-order valence-electron chi connectivity index (χ0n) is 11.0. The summed E-state index contributed by atoms with van der Waals surface area (Å²) in [6.45, 7) is 8.45. The molecule has 2 rings (SSSR count). The molecule has 3 nitrogen and oxygen atoms in total. The lowest BCUT2D eigenvalue weighted by Crippen LogP contribution is -2.31. The van der Waals surface area contributed by atoms with E-state index in [4.69, 9.17) is 11.6 Å². The molecule has 1 aliphatic carbocycles. The van der Waals surface area contributed by atoms with E-state index in [1.165, 1.54) is 19.3 Å². The first-order valence-electron chi connectivity index (χ1n) is 6.17. The smallest absolute Gasteiger partial charge is 0.137 e. The molecule has 1 N–H and O–H groups in total. The molecule has 1 aromatic rings. The van der Waals surface area contributed by atoms with Crippen LogP contribution < -0.4 is 5.32 Å². The van der Waals surface area contributed by atoms with Crippen LogP contribution in [0.5, 0.6) is 0 Å². The predicted molar refractivity (Wildman–Crippen MR) is 71.6 cm³/mol. The fraction of sp³-hybridized carbons (Fsp3) is 0.692. The Balaban J connectivity index is 2.24. The van der Waals surface area contributed by atoms with Gasteiger partial charge in [-0.2, -0.15) is 0 Å². The van der Waals surface area contributed by atoms with Gasteiger partial charge in [-0.05, 0) is 32.1 Å². The van der Waals surface area contributed by atoms with E-state index in [1.54, 1.807) is 0 Å². The van der Waals surface area contributed by atoms with E-state index in [2.05, 4.69) is 29.1 Å². The van der Waals surface area contributed by atoms with Crippen molar-refractivity contribution in [3.63, 3.8) is 0 Å². The number of anilines is 1. The summed E-state index contributed by atoms with van der Waals surface area (Å²) in [5.41, 5.74) is 1.28. The van der Waals surface area contributed by atoms with Crippen molar-refractivity contribution in [1.82, 2.24) is 9.97 Å². The van der Waals surface area contributed by atoms with Gasteiger partial charge in [-0.15, -0.1) is 0 Å². The number of hydrogen-bond donors (Lipinski definition) is 1. The number of nitrogens with zero attached hydrogens (tertiary/aromatic N) is 2. The summed E-state index contributed by atoms with van der Waals surface area (Å²) in [5, 5.41) is 4.10. The van der Waals surface area contributed by atoms with Crippen LogP contribution in [-0.4, -0.2) is 16.0 Å². The second-order valence-electron chi connectivity index (χ2n) is 5.61. The van der Waals surface area contributed by atoms with Crippen LogP contribution in [0.1, 0.15) is 44.5 Å². The second-order valence-corrected chi connectivity index (χ2v) is 5.97. The van der Waals surface area contributed by atoms with Gasteiger partial charge in [0.2, 0.25) is 0 Å². The largest absolute Gasteiger partial charge is 0.366 e. The van der Waals surface area contributed by atoms with Crippen molar-refractivity contribution in [2.75, 3.05) is 5.32 Å². The van der Waals surface area contributed by atoms with Gasteiger partial charge in [-0.3, -0.25) is 0 Å². The van der Waals surface area contributed by atoms with Crippen LogP contribution in [0.3, 0.4) is 0 Å². The number of rotatable bonds is 2. The standard InChI is InChI=1S/C13H20ClN3/c1-8-11(14)15-9(2)16-12(8)17-10-6-5-7-13(10,3)4/h10H,5-7H2,1-4H3,(H,15,16,17). The topological polar surface area (TPSA) is 37.8 Å². The molecule has 94 valence electrons. The second kappa shape index (κ2) is 4.45. The molecule has 1 aromatic heterocycles. The van der Waals surface area contributed by atoms with E-state index in [9.17, 15) is 0 Å². The highest BCUT2D eigenvalue weighted by Gasteiger charge is 2.34. The van der Waals surface area contributed by atoms with Crippen LogP contribution in [0, 0.1) is 19.3 Å². The number of hydrogen-bond acceptors (Lipinski definition) is 3. The Morgan fingerprint density at radius 2 is 2.00 bits per heavy atom. The van der Waals surface area contributed by atoms with Crippen molar-refractivity contribution in [3.8, 4) is 0 Å². The van der Waals surface area contributed by atoms with Crippen LogP contribution in [-0.2, 0) is 0 Å². The quantitative estimate of drug-likeness (QED) is 0.816. The van der Waals surface area contributed by atoms with Gasteiger partial charge < -0.3 is 5.32 Å². The van der Waals surface area contributed by atoms with Gasteiger partial charge >= 0.3 is 0 Å². The predicted octanol–water partition coefficient (Wildman–Crippen LogP) is 3.74. The van der Waals surface area contributed by atoms with Gasteiger partial charge in [0.1, 0.15) is 16.8 Å². The average Bonchev–Trinajstić information content (AvgIpc) is 2.54. The average molecular weight is 254 g/mol. The fourth-order valence-corrected chi connectivity index (χ4v) is 2.71. The summed E-state index contributed by atoms with van der Waals surface area (Å²) in [7, 11) is 0. The van der Waals surface area contributed by atoms with E-state index in [1.807, 2.05) is 13.8 Å². The highest BCUT2D eigenvalue weighted by molar-refractivity contribution is 6.30. The minimum atomic E-state index is 0.331. The molecule has 0 aromatic carbocycles. The highest BCUT2D eigenvalue weighted by atomic mass is 35.5. The minimum Gasteiger partial charge on any atom is -0.366 e. The molecule has 0 amide bonds.